The molecular weight excluding hydrogens is 214 g/mol. The Morgan fingerprint density at radius 1 is 1.44 bits per heavy atom. The topological polar surface area (TPSA) is 45.0 Å². The van der Waals surface area contributed by atoms with Gasteiger partial charge in [0.25, 0.3) is 0 Å². The summed E-state index contributed by atoms with van der Waals surface area (Å²) in [4.78, 5) is 0. The molecule has 1 aromatic rings. The summed E-state index contributed by atoms with van der Waals surface area (Å²) < 4.78 is 31.3. The minimum atomic E-state index is -0.620. The van der Waals surface area contributed by atoms with Crippen molar-refractivity contribution in [1.82, 2.24) is 5.32 Å². The summed E-state index contributed by atoms with van der Waals surface area (Å²) in [5, 5.41) is 11.3. The number of methoxy groups -OCH3 is 1. The summed E-state index contributed by atoms with van der Waals surface area (Å²) in [5.41, 5.74) is 0.167. The molecule has 86 valence electrons. The van der Waals surface area contributed by atoms with Gasteiger partial charge < -0.3 is 4.74 Å². The van der Waals surface area contributed by atoms with Crippen LogP contribution in [0.2, 0.25) is 0 Å². The molecule has 1 unspecified atom stereocenters. The fourth-order valence-electron chi connectivity index (χ4n) is 1.17. The lowest BCUT2D eigenvalue weighted by molar-refractivity contribution is 0.381. The summed E-state index contributed by atoms with van der Waals surface area (Å²) in [7, 11) is 1.27. The van der Waals surface area contributed by atoms with Crippen molar-refractivity contribution in [2.75, 3.05) is 7.11 Å². The number of ether oxygens (including phenoxy) is 1. The predicted molar refractivity (Wildman–Crippen MR) is 54.8 cm³/mol. The van der Waals surface area contributed by atoms with Gasteiger partial charge in [-0.05, 0) is 13.0 Å². The molecule has 0 aliphatic rings. The van der Waals surface area contributed by atoms with Gasteiger partial charge >= 0.3 is 0 Å². The highest BCUT2D eigenvalue weighted by Gasteiger charge is 2.10. The number of halogens is 2. The molecule has 1 rings (SSSR count). The second kappa shape index (κ2) is 5.42. The molecule has 0 spiro atoms. The van der Waals surface area contributed by atoms with E-state index in [4.69, 9.17) is 5.26 Å². The Balaban J connectivity index is 2.82. The molecule has 0 radical (unpaired) electrons. The number of rotatable bonds is 4. The molecule has 3 nitrogen and oxygen atoms in total. The average Bonchev–Trinajstić information content (AvgIpc) is 2.29. The molecule has 16 heavy (non-hydrogen) atoms. The summed E-state index contributed by atoms with van der Waals surface area (Å²) in [5.74, 6) is -1.31. The maximum Gasteiger partial charge on any atom is 0.165 e. The quantitative estimate of drug-likeness (QED) is 0.853. The molecule has 0 aromatic heterocycles. The van der Waals surface area contributed by atoms with Crippen molar-refractivity contribution in [3.05, 3.63) is 29.3 Å². The highest BCUT2D eigenvalue weighted by atomic mass is 19.1. The van der Waals surface area contributed by atoms with Crippen molar-refractivity contribution in [2.24, 2.45) is 0 Å². The Morgan fingerprint density at radius 2 is 2.12 bits per heavy atom. The first kappa shape index (κ1) is 12.4. The third-order valence-electron chi connectivity index (χ3n) is 2.11. The molecule has 0 aliphatic heterocycles. The SMILES string of the molecule is COc1cc(F)c(CNC(C)C#N)cc1F. The van der Waals surface area contributed by atoms with Gasteiger partial charge in [-0.3, -0.25) is 5.32 Å². The standard InChI is InChI=1S/C11H12F2N2O/c1-7(5-14)15-6-8-3-10(13)11(16-2)4-9(8)12/h3-4,7,15H,6H2,1-2H3. The molecule has 1 atom stereocenters. The van der Waals surface area contributed by atoms with E-state index in [1.54, 1.807) is 6.92 Å². The molecule has 1 N–H and O–H groups in total. The van der Waals surface area contributed by atoms with E-state index in [0.717, 1.165) is 12.1 Å². The average molecular weight is 226 g/mol. The number of hydrogen-bond donors (Lipinski definition) is 1. The summed E-state index contributed by atoms with van der Waals surface area (Å²) in [6.07, 6.45) is 0. The van der Waals surface area contributed by atoms with Gasteiger partial charge in [-0.2, -0.15) is 5.26 Å². The molecule has 0 saturated carbocycles. The zero-order chi connectivity index (χ0) is 12.1. The van der Waals surface area contributed by atoms with E-state index in [0.29, 0.717) is 0 Å². The van der Waals surface area contributed by atoms with Gasteiger partial charge in [-0.1, -0.05) is 0 Å². The van der Waals surface area contributed by atoms with Crippen molar-refractivity contribution in [2.45, 2.75) is 19.5 Å². The first-order valence-electron chi connectivity index (χ1n) is 4.73. The van der Waals surface area contributed by atoms with Crippen LogP contribution in [0, 0.1) is 23.0 Å². The molecule has 0 fully saturated rings. The zero-order valence-corrected chi connectivity index (χ0v) is 9.05. The van der Waals surface area contributed by atoms with Gasteiger partial charge in [0.05, 0.1) is 19.2 Å². The van der Waals surface area contributed by atoms with E-state index in [-0.39, 0.29) is 17.9 Å². The number of nitrogens with zero attached hydrogens (tertiary/aromatic N) is 1. The molecule has 1 aromatic carbocycles. The van der Waals surface area contributed by atoms with Crippen LogP contribution in [0.1, 0.15) is 12.5 Å². The van der Waals surface area contributed by atoms with Gasteiger partial charge in [-0.15, -0.1) is 0 Å². The Hall–Kier alpha value is -1.67. The largest absolute Gasteiger partial charge is 0.494 e. The maximum atomic E-state index is 13.4. The second-order valence-corrected chi connectivity index (χ2v) is 3.31. The zero-order valence-electron chi connectivity index (χ0n) is 9.05. The lowest BCUT2D eigenvalue weighted by Crippen LogP contribution is -2.24. The van der Waals surface area contributed by atoms with Crippen LogP contribution in [-0.4, -0.2) is 13.2 Å². The van der Waals surface area contributed by atoms with Crippen molar-refractivity contribution in [3.8, 4) is 11.8 Å². The highest BCUT2D eigenvalue weighted by molar-refractivity contribution is 5.30. The van der Waals surface area contributed by atoms with Crippen LogP contribution in [0.4, 0.5) is 8.78 Å². The molecule has 0 bridgehead atoms. The van der Waals surface area contributed by atoms with Gasteiger partial charge in [0, 0.05) is 18.2 Å². The van der Waals surface area contributed by atoms with Crippen LogP contribution in [0.15, 0.2) is 12.1 Å². The Bertz CT molecular complexity index is 415. The van der Waals surface area contributed by atoms with Gasteiger partial charge in [0.2, 0.25) is 0 Å². The fraction of sp³-hybridized carbons (Fsp3) is 0.364. The van der Waals surface area contributed by atoms with Crippen molar-refractivity contribution in [1.29, 1.82) is 5.26 Å². The van der Waals surface area contributed by atoms with E-state index >= 15 is 0 Å². The summed E-state index contributed by atoms with van der Waals surface area (Å²) >= 11 is 0. The fourth-order valence-corrected chi connectivity index (χ4v) is 1.17. The first-order valence-corrected chi connectivity index (χ1v) is 4.73. The van der Waals surface area contributed by atoms with E-state index < -0.39 is 17.7 Å². The number of nitrogens with one attached hydrogen (secondary N) is 1. The smallest absolute Gasteiger partial charge is 0.165 e. The van der Waals surface area contributed by atoms with Gasteiger partial charge in [0.1, 0.15) is 5.82 Å². The van der Waals surface area contributed by atoms with E-state index in [2.05, 4.69) is 10.1 Å². The van der Waals surface area contributed by atoms with Crippen LogP contribution in [0.3, 0.4) is 0 Å². The highest BCUT2D eigenvalue weighted by Crippen LogP contribution is 2.21. The number of hydrogen-bond acceptors (Lipinski definition) is 3. The third kappa shape index (κ3) is 2.91. The Labute approximate surface area is 92.6 Å². The van der Waals surface area contributed by atoms with Crippen LogP contribution in [-0.2, 0) is 6.54 Å². The number of nitriles is 1. The number of benzene rings is 1. The van der Waals surface area contributed by atoms with E-state index in [1.165, 1.54) is 7.11 Å². The molecular formula is C11H12F2N2O. The van der Waals surface area contributed by atoms with Crippen LogP contribution < -0.4 is 10.1 Å². The molecule has 0 aliphatic carbocycles. The normalized spacial score (nSPS) is 11.9. The van der Waals surface area contributed by atoms with Crippen molar-refractivity contribution in [3.63, 3.8) is 0 Å². The Morgan fingerprint density at radius 3 is 2.69 bits per heavy atom. The third-order valence-corrected chi connectivity index (χ3v) is 2.11. The maximum absolute atomic E-state index is 13.4. The van der Waals surface area contributed by atoms with Crippen LogP contribution in [0.5, 0.6) is 5.75 Å². The molecule has 0 amide bonds. The van der Waals surface area contributed by atoms with E-state index in [9.17, 15) is 8.78 Å². The van der Waals surface area contributed by atoms with Crippen molar-refractivity contribution >= 4 is 0 Å². The molecule has 0 heterocycles. The molecule has 0 saturated heterocycles. The van der Waals surface area contributed by atoms with E-state index in [1.807, 2.05) is 6.07 Å². The summed E-state index contributed by atoms with van der Waals surface area (Å²) in [6, 6.07) is 3.58. The second-order valence-electron chi connectivity index (χ2n) is 3.31. The first-order chi connectivity index (χ1) is 7.58. The minimum Gasteiger partial charge on any atom is -0.494 e. The molecule has 5 heteroatoms. The lowest BCUT2D eigenvalue weighted by Gasteiger charge is -2.09. The van der Waals surface area contributed by atoms with Gasteiger partial charge in [0.15, 0.2) is 11.6 Å². The van der Waals surface area contributed by atoms with Gasteiger partial charge in [-0.25, -0.2) is 8.78 Å². The van der Waals surface area contributed by atoms with Crippen LogP contribution >= 0.6 is 0 Å². The summed E-state index contributed by atoms with van der Waals surface area (Å²) in [6.45, 7) is 1.74. The monoisotopic (exact) mass is 226 g/mol. The van der Waals surface area contributed by atoms with Crippen LogP contribution in [0.25, 0.3) is 0 Å². The van der Waals surface area contributed by atoms with Crippen molar-refractivity contribution < 1.29 is 13.5 Å². The lowest BCUT2D eigenvalue weighted by atomic mass is 10.2. The Kier molecular flexibility index (Phi) is 4.20. The minimum absolute atomic E-state index is 0.0987. The predicted octanol–water partition coefficient (Wildman–Crippen LogP) is 1.98.